The van der Waals surface area contributed by atoms with Gasteiger partial charge in [0, 0.05) is 14.2 Å². The number of ether oxygens (including phenoxy) is 12. The molecular formula is C28H48Br2O12. The molecule has 0 spiro atoms. The highest BCUT2D eigenvalue weighted by molar-refractivity contribution is 9.11. The van der Waals surface area contributed by atoms with Crippen molar-refractivity contribution in [2.45, 2.75) is 0 Å². The van der Waals surface area contributed by atoms with E-state index in [9.17, 15) is 0 Å². The van der Waals surface area contributed by atoms with Crippen LogP contribution < -0.4 is 9.47 Å². The smallest absolute Gasteiger partial charge is 0.134 e. The number of methoxy groups -OCH3 is 2. The molecule has 0 saturated heterocycles. The molecule has 0 bridgehead atoms. The molecule has 0 aromatic heterocycles. The lowest BCUT2D eigenvalue weighted by Crippen LogP contribution is -2.14. The Balaban J connectivity index is 1.96. The van der Waals surface area contributed by atoms with Gasteiger partial charge >= 0.3 is 0 Å². The van der Waals surface area contributed by atoms with E-state index in [4.69, 9.17) is 56.8 Å². The molecule has 0 radical (unpaired) electrons. The summed E-state index contributed by atoms with van der Waals surface area (Å²) in [7, 11) is 3.29. The minimum absolute atomic E-state index is 0.406. The van der Waals surface area contributed by atoms with E-state index in [2.05, 4.69) is 31.9 Å². The van der Waals surface area contributed by atoms with Gasteiger partial charge < -0.3 is 56.8 Å². The summed E-state index contributed by atoms with van der Waals surface area (Å²) < 4.78 is 66.5. The van der Waals surface area contributed by atoms with Crippen molar-refractivity contribution in [2.24, 2.45) is 0 Å². The molecule has 1 aromatic rings. The highest BCUT2D eigenvalue weighted by Crippen LogP contribution is 2.36. The van der Waals surface area contributed by atoms with E-state index < -0.39 is 0 Å². The minimum atomic E-state index is 0.406. The predicted octanol–water partition coefficient (Wildman–Crippen LogP) is 3.39. The number of benzene rings is 1. The SMILES string of the molecule is COCCOCCOCCOCCOCCOc1cc(Br)c(OCCOCCOCCOCCOCCOC)cc1Br. The van der Waals surface area contributed by atoms with Gasteiger partial charge in [0.25, 0.3) is 0 Å². The van der Waals surface area contributed by atoms with Crippen LogP contribution in [0.3, 0.4) is 0 Å². The van der Waals surface area contributed by atoms with Crippen LogP contribution in [0.1, 0.15) is 0 Å². The van der Waals surface area contributed by atoms with Gasteiger partial charge in [0.15, 0.2) is 0 Å². The molecule has 14 heteroatoms. The van der Waals surface area contributed by atoms with Gasteiger partial charge in [-0.15, -0.1) is 0 Å². The van der Waals surface area contributed by atoms with Gasteiger partial charge in [0.2, 0.25) is 0 Å². The van der Waals surface area contributed by atoms with Gasteiger partial charge in [-0.1, -0.05) is 0 Å². The number of hydrogen-bond acceptors (Lipinski definition) is 12. The lowest BCUT2D eigenvalue weighted by atomic mass is 10.3. The van der Waals surface area contributed by atoms with Crippen LogP contribution in [0, 0.1) is 0 Å². The summed E-state index contributed by atoms with van der Waals surface area (Å²) in [5.74, 6) is 1.38. The van der Waals surface area contributed by atoms with Crippen molar-refractivity contribution in [1.29, 1.82) is 0 Å². The van der Waals surface area contributed by atoms with Crippen molar-refractivity contribution < 1.29 is 56.8 Å². The second kappa shape index (κ2) is 30.4. The van der Waals surface area contributed by atoms with Crippen LogP contribution >= 0.6 is 31.9 Å². The Labute approximate surface area is 267 Å². The van der Waals surface area contributed by atoms with Crippen LogP contribution in [0.25, 0.3) is 0 Å². The molecule has 12 nitrogen and oxygen atoms in total. The summed E-state index contributed by atoms with van der Waals surface area (Å²) >= 11 is 7.06. The average molecular weight is 736 g/mol. The average Bonchev–Trinajstić information content (AvgIpc) is 2.99. The number of rotatable bonds is 32. The summed E-state index contributed by atoms with van der Waals surface area (Å²) in [6, 6.07) is 3.71. The summed E-state index contributed by atoms with van der Waals surface area (Å²) in [4.78, 5) is 0. The molecule has 0 saturated carbocycles. The van der Waals surface area contributed by atoms with E-state index in [-0.39, 0.29) is 0 Å². The first-order valence-electron chi connectivity index (χ1n) is 14.0. The molecule has 0 fully saturated rings. The first-order chi connectivity index (χ1) is 20.7. The molecule has 1 rings (SSSR count). The molecule has 1 aromatic carbocycles. The lowest BCUT2D eigenvalue weighted by molar-refractivity contribution is -0.00988. The predicted molar refractivity (Wildman–Crippen MR) is 163 cm³/mol. The highest BCUT2D eigenvalue weighted by Gasteiger charge is 2.09. The summed E-state index contributed by atoms with van der Waals surface area (Å²) in [6.07, 6.45) is 0. The van der Waals surface area contributed by atoms with E-state index in [1.54, 1.807) is 14.2 Å². The third-order valence-corrected chi connectivity index (χ3v) is 6.29. The first-order valence-corrected chi connectivity index (χ1v) is 15.6. The summed E-state index contributed by atoms with van der Waals surface area (Å²) in [6.45, 7) is 10.2. The zero-order valence-corrected chi connectivity index (χ0v) is 28.1. The Bertz CT molecular complexity index is 673. The molecule has 0 unspecified atom stereocenters. The maximum Gasteiger partial charge on any atom is 0.134 e. The van der Waals surface area contributed by atoms with Crippen LogP contribution in [0.5, 0.6) is 11.5 Å². The highest BCUT2D eigenvalue weighted by atomic mass is 79.9. The molecule has 0 N–H and O–H groups in total. The van der Waals surface area contributed by atoms with Gasteiger partial charge in [0.05, 0.1) is 128 Å². The maximum atomic E-state index is 5.81. The molecule has 0 amide bonds. The largest absolute Gasteiger partial charge is 0.490 e. The molecule has 0 heterocycles. The minimum Gasteiger partial charge on any atom is -0.490 e. The molecular weight excluding hydrogens is 688 g/mol. The monoisotopic (exact) mass is 734 g/mol. The van der Waals surface area contributed by atoms with Crippen molar-refractivity contribution in [1.82, 2.24) is 0 Å². The topological polar surface area (TPSA) is 111 Å². The van der Waals surface area contributed by atoms with Crippen LogP contribution in [-0.2, 0) is 47.4 Å². The lowest BCUT2D eigenvalue weighted by Gasteiger charge is -2.13. The van der Waals surface area contributed by atoms with Crippen LogP contribution in [-0.4, -0.2) is 146 Å². The van der Waals surface area contributed by atoms with Crippen LogP contribution in [0.15, 0.2) is 21.1 Å². The fourth-order valence-electron chi connectivity index (χ4n) is 2.96. The second-order valence-electron chi connectivity index (χ2n) is 8.29. The maximum absolute atomic E-state index is 5.81. The fourth-order valence-corrected chi connectivity index (χ4v) is 3.83. The van der Waals surface area contributed by atoms with Gasteiger partial charge in [-0.3, -0.25) is 0 Å². The molecule has 0 atom stereocenters. The molecule has 0 aliphatic heterocycles. The van der Waals surface area contributed by atoms with Crippen molar-refractivity contribution in [3.8, 4) is 11.5 Å². The summed E-state index contributed by atoms with van der Waals surface area (Å²) in [5, 5.41) is 0. The van der Waals surface area contributed by atoms with Crippen molar-refractivity contribution >= 4 is 31.9 Å². The van der Waals surface area contributed by atoms with Crippen molar-refractivity contribution in [2.75, 3.05) is 146 Å². The van der Waals surface area contributed by atoms with Gasteiger partial charge in [-0.05, 0) is 44.0 Å². The first kappa shape index (κ1) is 39.4. The normalized spacial score (nSPS) is 11.3. The Morgan fingerprint density at radius 1 is 0.357 bits per heavy atom. The van der Waals surface area contributed by atoms with E-state index in [0.29, 0.717) is 144 Å². The van der Waals surface area contributed by atoms with E-state index in [0.717, 1.165) is 8.95 Å². The summed E-state index contributed by atoms with van der Waals surface area (Å²) in [5.41, 5.74) is 0. The van der Waals surface area contributed by atoms with E-state index in [1.165, 1.54) is 0 Å². The molecule has 246 valence electrons. The third-order valence-electron chi connectivity index (χ3n) is 5.05. The van der Waals surface area contributed by atoms with Gasteiger partial charge in [0.1, 0.15) is 24.7 Å². The Morgan fingerprint density at radius 3 is 0.810 bits per heavy atom. The number of halogens is 2. The third kappa shape index (κ3) is 23.8. The molecule has 0 aliphatic rings. The van der Waals surface area contributed by atoms with Crippen LogP contribution in [0.2, 0.25) is 0 Å². The second-order valence-corrected chi connectivity index (χ2v) is 10.0. The van der Waals surface area contributed by atoms with E-state index in [1.807, 2.05) is 12.1 Å². The zero-order chi connectivity index (χ0) is 30.4. The van der Waals surface area contributed by atoms with Crippen molar-refractivity contribution in [3.63, 3.8) is 0 Å². The van der Waals surface area contributed by atoms with Crippen molar-refractivity contribution in [3.05, 3.63) is 21.1 Å². The molecule has 0 aliphatic carbocycles. The quantitative estimate of drug-likeness (QED) is 0.101. The fraction of sp³-hybridized carbons (Fsp3) is 0.786. The Kier molecular flexibility index (Phi) is 28.5. The Morgan fingerprint density at radius 2 is 0.571 bits per heavy atom. The van der Waals surface area contributed by atoms with Gasteiger partial charge in [-0.2, -0.15) is 0 Å². The van der Waals surface area contributed by atoms with E-state index >= 15 is 0 Å². The van der Waals surface area contributed by atoms with Gasteiger partial charge in [-0.25, -0.2) is 0 Å². The molecule has 42 heavy (non-hydrogen) atoms. The Hall–Kier alpha value is -0.620. The van der Waals surface area contributed by atoms with Crippen LogP contribution in [0.4, 0.5) is 0 Å². The zero-order valence-electron chi connectivity index (χ0n) is 25.0. The number of hydrogen-bond donors (Lipinski definition) is 0. The standard InChI is InChI=1S/C28H48Br2O12/c1-31-3-5-33-7-9-35-11-13-37-15-17-39-19-21-41-27-23-26(30)28(24-25(27)29)42-22-20-40-18-16-38-14-12-36-10-8-34-6-4-32-2/h23-24H,3-22H2,1-2H3.